The van der Waals surface area contributed by atoms with Gasteiger partial charge in [-0.05, 0) is 81.1 Å². The lowest BCUT2D eigenvalue weighted by Crippen LogP contribution is -2.32. The summed E-state index contributed by atoms with van der Waals surface area (Å²) in [6.07, 6.45) is 13.0. The van der Waals surface area contributed by atoms with Gasteiger partial charge in [-0.25, -0.2) is 0 Å². The zero-order chi connectivity index (χ0) is 19.7. The second-order valence-electron chi connectivity index (χ2n) is 8.52. The SMILES string of the molecule is c1cncc(C2CCCCN2Cc2ccc(OCCCN3CCCCC3)cc2)c1. The van der Waals surface area contributed by atoms with E-state index in [0.717, 1.165) is 31.9 Å². The van der Waals surface area contributed by atoms with Crippen LogP contribution in [-0.4, -0.2) is 47.6 Å². The zero-order valence-electron chi connectivity index (χ0n) is 17.6. The molecule has 29 heavy (non-hydrogen) atoms. The fourth-order valence-corrected chi connectivity index (χ4v) is 4.72. The monoisotopic (exact) mass is 393 g/mol. The van der Waals surface area contributed by atoms with Crippen molar-refractivity contribution < 1.29 is 4.74 Å². The number of pyridine rings is 1. The maximum Gasteiger partial charge on any atom is 0.119 e. The Kier molecular flexibility index (Phi) is 7.55. The number of likely N-dealkylation sites (tertiary alicyclic amines) is 2. The number of hydrogen-bond donors (Lipinski definition) is 0. The largest absolute Gasteiger partial charge is 0.494 e. The van der Waals surface area contributed by atoms with Crippen LogP contribution in [0.3, 0.4) is 0 Å². The van der Waals surface area contributed by atoms with Crippen LogP contribution in [0.1, 0.15) is 62.1 Å². The first-order valence-electron chi connectivity index (χ1n) is 11.5. The topological polar surface area (TPSA) is 28.6 Å². The molecule has 4 nitrogen and oxygen atoms in total. The van der Waals surface area contributed by atoms with Gasteiger partial charge in [0, 0.05) is 31.5 Å². The molecule has 0 N–H and O–H groups in total. The van der Waals surface area contributed by atoms with Crippen LogP contribution in [0.4, 0.5) is 0 Å². The Morgan fingerprint density at radius 1 is 0.931 bits per heavy atom. The summed E-state index contributed by atoms with van der Waals surface area (Å²) in [6.45, 7) is 6.67. The summed E-state index contributed by atoms with van der Waals surface area (Å²) in [7, 11) is 0. The molecule has 4 heteroatoms. The van der Waals surface area contributed by atoms with Crippen molar-refractivity contribution in [2.24, 2.45) is 0 Å². The summed E-state index contributed by atoms with van der Waals surface area (Å²) < 4.78 is 5.98. The standard InChI is InChI=1S/C25H35N3O/c1-3-15-27(16-4-1)17-7-19-29-24-12-10-22(11-13-24)21-28-18-5-2-9-25(28)23-8-6-14-26-20-23/h6,8,10-14,20,25H,1-5,7,9,15-19,21H2. The summed E-state index contributed by atoms with van der Waals surface area (Å²) in [4.78, 5) is 9.51. The number of hydrogen-bond acceptors (Lipinski definition) is 4. The minimum Gasteiger partial charge on any atom is -0.494 e. The third kappa shape index (κ3) is 6.03. The maximum absolute atomic E-state index is 5.98. The lowest BCUT2D eigenvalue weighted by molar-refractivity contribution is 0.140. The summed E-state index contributed by atoms with van der Waals surface area (Å²) in [5.41, 5.74) is 2.71. The molecule has 156 valence electrons. The average molecular weight is 394 g/mol. The van der Waals surface area contributed by atoms with Crippen molar-refractivity contribution >= 4 is 0 Å². The second-order valence-corrected chi connectivity index (χ2v) is 8.52. The van der Waals surface area contributed by atoms with Crippen LogP contribution in [-0.2, 0) is 6.54 Å². The van der Waals surface area contributed by atoms with Crippen molar-refractivity contribution in [3.8, 4) is 5.75 Å². The number of aromatic nitrogens is 1. The molecule has 2 fully saturated rings. The highest BCUT2D eigenvalue weighted by molar-refractivity contribution is 5.27. The number of nitrogens with zero attached hydrogens (tertiary/aromatic N) is 3. The molecular weight excluding hydrogens is 358 g/mol. The molecule has 0 spiro atoms. The second kappa shape index (κ2) is 10.7. The Balaban J connectivity index is 1.25. The van der Waals surface area contributed by atoms with Gasteiger partial charge in [-0.1, -0.05) is 31.0 Å². The summed E-state index contributed by atoms with van der Waals surface area (Å²) in [6, 6.07) is 13.5. The highest BCUT2D eigenvalue weighted by Crippen LogP contribution is 2.31. The molecule has 2 saturated heterocycles. The number of piperidine rings is 2. The van der Waals surface area contributed by atoms with Crippen molar-refractivity contribution in [3.63, 3.8) is 0 Å². The summed E-state index contributed by atoms with van der Waals surface area (Å²) >= 11 is 0. The minimum absolute atomic E-state index is 0.489. The van der Waals surface area contributed by atoms with E-state index >= 15 is 0 Å². The van der Waals surface area contributed by atoms with Gasteiger partial charge in [-0.3, -0.25) is 9.88 Å². The third-order valence-electron chi connectivity index (χ3n) is 6.33. The molecule has 1 aromatic heterocycles. The maximum atomic E-state index is 5.98. The van der Waals surface area contributed by atoms with Crippen molar-refractivity contribution in [2.45, 2.75) is 57.5 Å². The van der Waals surface area contributed by atoms with Gasteiger partial charge in [0.15, 0.2) is 0 Å². The van der Waals surface area contributed by atoms with Gasteiger partial charge >= 0.3 is 0 Å². The van der Waals surface area contributed by atoms with Crippen LogP contribution in [0.15, 0.2) is 48.8 Å². The van der Waals surface area contributed by atoms with Crippen LogP contribution in [0.25, 0.3) is 0 Å². The Morgan fingerprint density at radius 3 is 2.55 bits per heavy atom. The first-order chi connectivity index (χ1) is 14.4. The van der Waals surface area contributed by atoms with E-state index in [9.17, 15) is 0 Å². The van der Waals surface area contributed by atoms with E-state index in [1.54, 1.807) is 0 Å². The Labute approximate surface area is 175 Å². The van der Waals surface area contributed by atoms with E-state index in [1.807, 2.05) is 12.4 Å². The van der Waals surface area contributed by atoms with Crippen LogP contribution >= 0.6 is 0 Å². The van der Waals surface area contributed by atoms with Crippen LogP contribution in [0.2, 0.25) is 0 Å². The first kappa shape index (κ1) is 20.4. The Hall–Kier alpha value is -1.91. The predicted octanol–water partition coefficient (Wildman–Crippen LogP) is 5.06. The van der Waals surface area contributed by atoms with Gasteiger partial charge in [0.25, 0.3) is 0 Å². The minimum atomic E-state index is 0.489. The molecule has 0 bridgehead atoms. The molecule has 2 aliphatic heterocycles. The number of rotatable bonds is 8. The van der Waals surface area contributed by atoms with Gasteiger partial charge in [0.05, 0.1) is 6.61 Å². The van der Waals surface area contributed by atoms with Gasteiger partial charge in [0.2, 0.25) is 0 Å². The first-order valence-corrected chi connectivity index (χ1v) is 11.5. The Morgan fingerprint density at radius 2 is 1.76 bits per heavy atom. The lowest BCUT2D eigenvalue weighted by atomic mass is 9.96. The third-order valence-corrected chi connectivity index (χ3v) is 6.33. The Bertz CT molecular complexity index is 713. The molecule has 2 aliphatic rings. The number of benzene rings is 1. The highest BCUT2D eigenvalue weighted by atomic mass is 16.5. The summed E-state index contributed by atoms with van der Waals surface area (Å²) in [5.74, 6) is 0.995. The van der Waals surface area contributed by atoms with Crippen molar-refractivity contribution in [1.82, 2.24) is 14.8 Å². The molecule has 0 radical (unpaired) electrons. The summed E-state index contributed by atoms with van der Waals surface area (Å²) in [5, 5.41) is 0. The van der Waals surface area contributed by atoms with Crippen LogP contribution in [0.5, 0.6) is 5.75 Å². The van der Waals surface area contributed by atoms with Crippen molar-refractivity contribution in [2.75, 3.05) is 32.8 Å². The molecule has 3 heterocycles. The fraction of sp³-hybridized carbons (Fsp3) is 0.560. The molecule has 4 rings (SSSR count). The normalized spacial score (nSPS) is 21.2. The van der Waals surface area contributed by atoms with Gasteiger partial charge in [-0.15, -0.1) is 0 Å². The van der Waals surface area contributed by atoms with Crippen LogP contribution < -0.4 is 4.74 Å². The molecule has 2 aromatic rings. The van der Waals surface area contributed by atoms with Gasteiger partial charge < -0.3 is 9.64 Å². The van der Waals surface area contributed by atoms with E-state index in [-0.39, 0.29) is 0 Å². The van der Waals surface area contributed by atoms with E-state index in [1.165, 1.54) is 69.3 Å². The van der Waals surface area contributed by atoms with E-state index in [0.29, 0.717) is 6.04 Å². The number of ether oxygens (including phenoxy) is 1. The molecule has 0 amide bonds. The molecule has 1 atom stereocenters. The average Bonchev–Trinajstić information content (AvgIpc) is 2.79. The quantitative estimate of drug-likeness (QED) is 0.586. The smallest absolute Gasteiger partial charge is 0.119 e. The molecule has 0 aliphatic carbocycles. The van der Waals surface area contributed by atoms with Crippen LogP contribution in [0, 0.1) is 0 Å². The molecule has 1 aromatic carbocycles. The highest BCUT2D eigenvalue weighted by Gasteiger charge is 2.24. The molecule has 1 unspecified atom stereocenters. The molecular formula is C25H35N3O. The van der Waals surface area contributed by atoms with Gasteiger partial charge in [-0.2, -0.15) is 0 Å². The fourth-order valence-electron chi connectivity index (χ4n) is 4.72. The van der Waals surface area contributed by atoms with Crippen molar-refractivity contribution in [1.29, 1.82) is 0 Å². The lowest BCUT2D eigenvalue weighted by Gasteiger charge is -2.36. The van der Waals surface area contributed by atoms with Crippen molar-refractivity contribution in [3.05, 3.63) is 59.9 Å². The van der Waals surface area contributed by atoms with E-state index in [4.69, 9.17) is 4.74 Å². The zero-order valence-corrected chi connectivity index (χ0v) is 17.6. The van der Waals surface area contributed by atoms with E-state index in [2.05, 4.69) is 51.2 Å². The predicted molar refractivity (Wildman–Crippen MR) is 118 cm³/mol. The van der Waals surface area contributed by atoms with Gasteiger partial charge in [0.1, 0.15) is 5.75 Å². The molecule has 0 saturated carbocycles. The van der Waals surface area contributed by atoms with E-state index < -0.39 is 0 Å².